The highest BCUT2D eigenvalue weighted by Gasteiger charge is 2.25. The molecule has 0 aliphatic rings. The van der Waals surface area contributed by atoms with E-state index in [4.69, 9.17) is 30.5 Å². The molecular weight excluding hydrogens is 484 g/mol. The number of phenolic OH excluding ortho intramolecular Hbond substituents is 1. The maximum atomic E-state index is 13.5. The molecule has 4 aromatic rings. The van der Waals surface area contributed by atoms with Crippen LogP contribution >= 0.6 is 11.6 Å². The second-order valence-electron chi connectivity index (χ2n) is 7.79. The van der Waals surface area contributed by atoms with Gasteiger partial charge >= 0.3 is 0 Å². The van der Waals surface area contributed by atoms with Crippen LogP contribution in [0.25, 0.3) is 10.9 Å². The molecule has 0 spiro atoms. The number of pyridine rings is 1. The van der Waals surface area contributed by atoms with Crippen molar-refractivity contribution >= 4 is 28.4 Å². The van der Waals surface area contributed by atoms with Crippen molar-refractivity contribution in [3.63, 3.8) is 0 Å². The largest absolute Gasteiger partial charge is 0.505 e. The Morgan fingerprint density at radius 2 is 1.61 bits per heavy atom. The third-order valence-corrected chi connectivity index (χ3v) is 6.12. The lowest BCUT2D eigenvalue weighted by Gasteiger charge is -2.23. The topological polar surface area (TPSA) is 99.1 Å². The average Bonchev–Trinajstić information content (AvgIpc) is 2.92. The number of hydrogen-bond donors (Lipinski definition) is 2. The van der Waals surface area contributed by atoms with Gasteiger partial charge in [-0.25, -0.2) is 0 Å². The monoisotopic (exact) mass is 508 g/mol. The number of nitrogens with one attached hydrogen (secondary N) is 1. The van der Waals surface area contributed by atoms with Crippen molar-refractivity contribution in [3.8, 4) is 28.7 Å². The van der Waals surface area contributed by atoms with E-state index in [9.17, 15) is 9.90 Å². The van der Waals surface area contributed by atoms with E-state index in [1.54, 1.807) is 67.9 Å². The Hall–Kier alpha value is -4.17. The first-order chi connectivity index (χ1) is 17.4. The lowest BCUT2D eigenvalue weighted by atomic mass is 9.95. The highest BCUT2D eigenvalue weighted by molar-refractivity contribution is 6.35. The summed E-state index contributed by atoms with van der Waals surface area (Å²) in [6.07, 6.45) is 1.57. The maximum absolute atomic E-state index is 13.5. The Bertz CT molecular complexity index is 1380. The average molecular weight is 509 g/mol. The van der Waals surface area contributed by atoms with Gasteiger partial charge in [0.15, 0.2) is 11.5 Å². The van der Waals surface area contributed by atoms with Gasteiger partial charge in [-0.3, -0.25) is 9.78 Å². The molecule has 2 N–H and O–H groups in total. The van der Waals surface area contributed by atoms with E-state index in [2.05, 4.69) is 10.3 Å². The molecule has 1 heterocycles. The Kier molecular flexibility index (Phi) is 7.36. The molecule has 0 saturated carbocycles. The second-order valence-corrected chi connectivity index (χ2v) is 8.20. The Morgan fingerprint density at radius 3 is 2.19 bits per heavy atom. The molecule has 3 aromatic carbocycles. The molecule has 1 aromatic heterocycles. The summed E-state index contributed by atoms with van der Waals surface area (Å²) in [5.41, 5.74) is 1.68. The smallest absolute Gasteiger partial charge is 0.252 e. The van der Waals surface area contributed by atoms with E-state index < -0.39 is 11.9 Å². The fraction of sp³-hybridized carbons (Fsp3) is 0.185. The highest BCUT2D eigenvalue weighted by atomic mass is 35.5. The lowest BCUT2D eigenvalue weighted by Crippen LogP contribution is -2.29. The summed E-state index contributed by atoms with van der Waals surface area (Å²) >= 11 is 6.55. The Labute approximate surface area is 213 Å². The summed E-state index contributed by atoms with van der Waals surface area (Å²) in [7, 11) is 6.00. The molecule has 1 unspecified atom stereocenters. The van der Waals surface area contributed by atoms with Crippen LogP contribution in [0.5, 0.6) is 28.7 Å². The van der Waals surface area contributed by atoms with Gasteiger partial charge < -0.3 is 29.4 Å². The van der Waals surface area contributed by atoms with Crippen LogP contribution in [-0.4, -0.2) is 44.4 Å². The van der Waals surface area contributed by atoms with Gasteiger partial charge in [0.25, 0.3) is 5.91 Å². The zero-order valence-corrected chi connectivity index (χ0v) is 20.9. The SMILES string of the molecule is COc1ccc(C(NC(=O)c2cc(OC)c(OC)c(OC)c2)c2cc(Cl)c3cccnc3c2O)cc1. The lowest BCUT2D eigenvalue weighted by molar-refractivity contribution is 0.0942. The first kappa shape index (κ1) is 24.9. The van der Waals surface area contributed by atoms with E-state index >= 15 is 0 Å². The van der Waals surface area contributed by atoms with Gasteiger partial charge in [0.1, 0.15) is 17.0 Å². The standard InChI is InChI=1S/C27H25ClN2O6/c1-33-17-9-7-15(8-10-17)23(19-14-20(28)18-6-5-11-29-24(18)25(19)31)30-27(32)16-12-21(34-2)26(36-4)22(13-16)35-3/h5-14,23,31H,1-4H3,(H,30,32). The number of ether oxygens (including phenoxy) is 4. The van der Waals surface area contributed by atoms with E-state index in [1.807, 2.05) is 0 Å². The molecule has 0 radical (unpaired) electrons. The number of nitrogens with zero attached hydrogens (tertiary/aromatic N) is 1. The number of aromatic nitrogens is 1. The van der Waals surface area contributed by atoms with Crippen LogP contribution in [0.2, 0.25) is 5.02 Å². The molecule has 0 aliphatic heterocycles. The van der Waals surface area contributed by atoms with Gasteiger partial charge in [-0.1, -0.05) is 23.7 Å². The molecule has 8 nitrogen and oxygen atoms in total. The number of halogens is 1. The minimum atomic E-state index is -0.772. The molecule has 36 heavy (non-hydrogen) atoms. The number of rotatable bonds is 8. The number of benzene rings is 3. The van der Waals surface area contributed by atoms with Crippen LogP contribution in [0.15, 0.2) is 60.8 Å². The number of phenols is 1. The summed E-state index contributed by atoms with van der Waals surface area (Å²) in [4.78, 5) is 17.8. The number of amides is 1. The predicted octanol–water partition coefficient (Wildman–Crippen LogP) is 5.15. The molecule has 1 amide bonds. The van der Waals surface area contributed by atoms with Crippen molar-refractivity contribution in [3.05, 3.63) is 82.5 Å². The summed E-state index contributed by atoms with van der Waals surface area (Å²) in [6.45, 7) is 0. The third-order valence-electron chi connectivity index (χ3n) is 5.81. The first-order valence-corrected chi connectivity index (χ1v) is 11.3. The van der Waals surface area contributed by atoms with Crippen molar-refractivity contribution in [2.24, 2.45) is 0 Å². The minimum Gasteiger partial charge on any atom is -0.505 e. The highest BCUT2D eigenvalue weighted by Crippen LogP contribution is 2.40. The van der Waals surface area contributed by atoms with E-state index in [-0.39, 0.29) is 11.3 Å². The number of methoxy groups -OCH3 is 4. The van der Waals surface area contributed by atoms with Crippen LogP contribution in [0.1, 0.15) is 27.5 Å². The van der Waals surface area contributed by atoms with Crippen molar-refractivity contribution in [1.82, 2.24) is 10.3 Å². The van der Waals surface area contributed by atoms with Crippen LogP contribution in [0, 0.1) is 0 Å². The Balaban J connectivity index is 1.83. The molecule has 0 aliphatic carbocycles. The fourth-order valence-electron chi connectivity index (χ4n) is 3.99. The number of fused-ring (bicyclic) bond motifs is 1. The molecule has 186 valence electrons. The van der Waals surface area contributed by atoms with Crippen molar-refractivity contribution < 1.29 is 28.8 Å². The van der Waals surface area contributed by atoms with Crippen LogP contribution < -0.4 is 24.3 Å². The zero-order valence-electron chi connectivity index (χ0n) is 20.2. The zero-order chi connectivity index (χ0) is 25.8. The van der Waals surface area contributed by atoms with E-state index in [1.165, 1.54) is 21.3 Å². The van der Waals surface area contributed by atoms with Gasteiger partial charge in [0, 0.05) is 22.7 Å². The normalized spacial score (nSPS) is 11.6. The quantitative estimate of drug-likeness (QED) is 0.339. The van der Waals surface area contributed by atoms with E-state index in [0.29, 0.717) is 50.1 Å². The molecule has 0 saturated heterocycles. The van der Waals surface area contributed by atoms with Gasteiger partial charge in [0.05, 0.1) is 39.5 Å². The molecule has 4 rings (SSSR count). The Morgan fingerprint density at radius 1 is 0.944 bits per heavy atom. The summed E-state index contributed by atoms with van der Waals surface area (Å²) in [5, 5.41) is 15.2. The number of aromatic hydroxyl groups is 1. The molecule has 0 fully saturated rings. The van der Waals surface area contributed by atoms with Crippen molar-refractivity contribution in [2.75, 3.05) is 28.4 Å². The molecule has 0 bridgehead atoms. The van der Waals surface area contributed by atoms with Crippen LogP contribution in [0.3, 0.4) is 0 Å². The minimum absolute atomic E-state index is 0.0824. The second kappa shape index (κ2) is 10.6. The van der Waals surface area contributed by atoms with Crippen molar-refractivity contribution in [2.45, 2.75) is 6.04 Å². The van der Waals surface area contributed by atoms with Gasteiger partial charge in [-0.15, -0.1) is 0 Å². The summed E-state index contributed by atoms with van der Waals surface area (Å²) in [5.74, 6) is 1.17. The predicted molar refractivity (Wildman–Crippen MR) is 137 cm³/mol. The number of carbonyl (C=O) groups excluding carboxylic acids is 1. The third kappa shape index (κ3) is 4.67. The van der Waals surface area contributed by atoms with E-state index in [0.717, 1.165) is 0 Å². The molecule has 9 heteroatoms. The van der Waals surface area contributed by atoms with Gasteiger partial charge in [0.2, 0.25) is 5.75 Å². The number of carbonyl (C=O) groups is 1. The number of hydrogen-bond acceptors (Lipinski definition) is 7. The molecular formula is C27H25ClN2O6. The van der Waals surface area contributed by atoms with Crippen LogP contribution in [0.4, 0.5) is 0 Å². The molecule has 1 atom stereocenters. The van der Waals surface area contributed by atoms with Crippen molar-refractivity contribution in [1.29, 1.82) is 0 Å². The fourth-order valence-corrected chi connectivity index (χ4v) is 4.26. The first-order valence-electron chi connectivity index (χ1n) is 10.9. The summed E-state index contributed by atoms with van der Waals surface area (Å²) in [6, 6.07) is 14.6. The van der Waals surface area contributed by atoms with Crippen LogP contribution in [-0.2, 0) is 0 Å². The summed E-state index contributed by atoms with van der Waals surface area (Å²) < 4.78 is 21.4. The maximum Gasteiger partial charge on any atom is 0.252 e. The van der Waals surface area contributed by atoms with Gasteiger partial charge in [-0.2, -0.15) is 0 Å². The van der Waals surface area contributed by atoms with Gasteiger partial charge in [-0.05, 0) is 48.0 Å².